The Bertz CT molecular complexity index is 434. The van der Waals surface area contributed by atoms with Gasteiger partial charge < -0.3 is 0 Å². The Balaban J connectivity index is 1.82. The molecule has 0 unspecified atom stereocenters. The van der Waals surface area contributed by atoms with Crippen molar-refractivity contribution in [2.45, 2.75) is 122 Å². The molecule has 0 spiro atoms. The van der Waals surface area contributed by atoms with Crippen molar-refractivity contribution in [3.05, 3.63) is 35.4 Å². The molecule has 0 heterocycles. The Morgan fingerprint density at radius 3 is 1.25 bits per heavy atom. The van der Waals surface area contributed by atoms with E-state index in [0.717, 1.165) is 0 Å². The van der Waals surface area contributed by atoms with Gasteiger partial charge in [0.25, 0.3) is 0 Å². The molecule has 1 heteroatoms. The number of aryl methyl sites for hydroxylation is 1. The summed E-state index contributed by atoms with van der Waals surface area (Å²) in [5, 5.41) is 0. The van der Waals surface area contributed by atoms with Crippen LogP contribution >= 0.6 is 0 Å². The summed E-state index contributed by atoms with van der Waals surface area (Å²) in [7, 11) is 0.511. The number of hydrogen-bond acceptors (Lipinski definition) is 0. The summed E-state index contributed by atoms with van der Waals surface area (Å²) >= 11 is 0. The van der Waals surface area contributed by atoms with Crippen molar-refractivity contribution in [2.24, 2.45) is 0 Å². The van der Waals surface area contributed by atoms with E-state index in [2.05, 4.69) is 43.7 Å². The lowest BCUT2D eigenvalue weighted by Gasteiger charge is -2.05. The molecule has 28 heavy (non-hydrogen) atoms. The van der Waals surface area contributed by atoms with Gasteiger partial charge in [0, 0.05) is 5.56 Å². The normalized spacial score (nSPS) is 11.4. The third-order valence-corrected chi connectivity index (χ3v) is 6.71. The minimum atomic E-state index is 0.511. The lowest BCUT2D eigenvalue weighted by molar-refractivity contribution is 0.529. The van der Waals surface area contributed by atoms with E-state index in [1.54, 1.807) is 0 Å². The second-order valence-electron chi connectivity index (χ2n) is 9.00. The highest BCUT2D eigenvalue weighted by Gasteiger charge is 2.04. The van der Waals surface area contributed by atoms with Gasteiger partial charge in [0.05, 0.1) is 12.5 Å². The molecule has 1 aromatic rings. The minimum absolute atomic E-state index is 0.511. The van der Waals surface area contributed by atoms with Crippen LogP contribution in [0, 0.1) is 0 Å². The second kappa shape index (κ2) is 18.6. The van der Waals surface area contributed by atoms with Crippen molar-refractivity contribution < 1.29 is 0 Å². The molecule has 0 aromatic heterocycles. The summed E-state index contributed by atoms with van der Waals surface area (Å²) in [6, 6.07) is 9.39. The molecule has 0 amide bonds. The molecular formula is C27H49S+. The van der Waals surface area contributed by atoms with Crippen molar-refractivity contribution in [3.8, 4) is 0 Å². The first-order chi connectivity index (χ1) is 13.7. The fourth-order valence-corrected chi connectivity index (χ4v) is 4.87. The Labute approximate surface area is 180 Å². The van der Waals surface area contributed by atoms with Crippen molar-refractivity contribution >= 4 is 10.9 Å². The van der Waals surface area contributed by atoms with Crippen LogP contribution in [0.1, 0.15) is 121 Å². The van der Waals surface area contributed by atoms with Gasteiger partial charge in [0.2, 0.25) is 0 Å². The first kappa shape index (κ1) is 25.6. The van der Waals surface area contributed by atoms with Gasteiger partial charge in [-0.3, -0.25) is 0 Å². The molecule has 0 aliphatic carbocycles. The molecule has 1 rings (SSSR count). The Kier molecular flexibility index (Phi) is 17.0. The van der Waals surface area contributed by atoms with Gasteiger partial charge in [-0.2, -0.15) is 0 Å². The standard InChI is InChI=1S/C27H49S/c1-4-5-6-7-8-9-10-11-12-13-14-15-16-17-18-19-20-26-21-23-27(24-22-26)25-28(2)3/h21-24H,4-20,25H2,1-3H3/q+1. The van der Waals surface area contributed by atoms with Crippen molar-refractivity contribution in [1.82, 2.24) is 0 Å². The maximum Gasteiger partial charge on any atom is 0.132 e. The van der Waals surface area contributed by atoms with Crippen molar-refractivity contribution in [2.75, 3.05) is 12.5 Å². The monoisotopic (exact) mass is 405 g/mol. The highest BCUT2D eigenvalue weighted by Crippen LogP contribution is 2.15. The molecule has 0 atom stereocenters. The van der Waals surface area contributed by atoms with Gasteiger partial charge >= 0.3 is 0 Å². The average Bonchev–Trinajstić information content (AvgIpc) is 2.68. The maximum absolute atomic E-state index is 2.35. The van der Waals surface area contributed by atoms with E-state index in [-0.39, 0.29) is 0 Å². The van der Waals surface area contributed by atoms with Crippen LogP contribution in [-0.4, -0.2) is 12.5 Å². The minimum Gasteiger partial charge on any atom is -0.0654 e. The number of rotatable bonds is 19. The third-order valence-electron chi connectivity index (χ3n) is 5.80. The van der Waals surface area contributed by atoms with Gasteiger partial charge in [-0.15, -0.1) is 0 Å². The van der Waals surface area contributed by atoms with Crippen LogP contribution < -0.4 is 0 Å². The smallest absolute Gasteiger partial charge is 0.0654 e. The van der Waals surface area contributed by atoms with Crippen LogP contribution in [0.2, 0.25) is 0 Å². The van der Waals surface area contributed by atoms with Gasteiger partial charge in [-0.1, -0.05) is 128 Å². The van der Waals surface area contributed by atoms with Crippen LogP contribution in [0.4, 0.5) is 0 Å². The quantitative estimate of drug-likeness (QED) is 0.159. The van der Waals surface area contributed by atoms with Crippen LogP contribution in [-0.2, 0) is 23.1 Å². The molecule has 0 saturated heterocycles. The molecule has 1 aromatic carbocycles. The van der Waals surface area contributed by atoms with Gasteiger partial charge in [0.15, 0.2) is 0 Å². The van der Waals surface area contributed by atoms with E-state index >= 15 is 0 Å². The zero-order valence-corrected chi connectivity index (χ0v) is 20.3. The number of benzene rings is 1. The van der Waals surface area contributed by atoms with Crippen molar-refractivity contribution in [3.63, 3.8) is 0 Å². The first-order valence-corrected chi connectivity index (χ1v) is 14.6. The molecule has 0 N–H and O–H groups in total. The number of hydrogen-bond donors (Lipinski definition) is 0. The summed E-state index contributed by atoms with van der Waals surface area (Å²) in [4.78, 5) is 0. The SMILES string of the molecule is CCCCCCCCCCCCCCCCCCc1ccc(C[S+](C)C)cc1. The highest BCUT2D eigenvalue weighted by molar-refractivity contribution is 7.94. The fourth-order valence-electron chi connectivity index (χ4n) is 4.01. The summed E-state index contributed by atoms with van der Waals surface area (Å²) in [5.41, 5.74) is 3.03. The first-order valence-electron chi connectivity index (χ1n) is 12.3. The molecule has 0 bridgehead atoms. The maximum atomic E-state index is 2.35. The topological polar surface area (TPSA) is 0 Å². The molecular weight excluding hydrogens is 356 g/mol. The third kappa shape index (κ3) is 15.5. The molecule has 0 nitrogen and oxygen atoms in total. The van der Waals surface area contributed by atoms with E-state index in [1.165, 1.54) is 126 Å². The Hall–Kier alpha value is -0.430. The number of unbranched alkanes of at least 4 members (excludes halogenated alkanes) is 15. The van der Waals surface area contributed by atoms with Gasteiger partial charge in [-0.05, 0) is 29.3 Å². The molecule has 0 aliphatic heterocycles. The van der Waals surface area contributed by atoms with Gasteiger partial charge in [0.1, 0.15) is 5.75 Å². The van der Waals surface area contributed by atoms with Crippen LogP contribution in [0.15, 0.2) is 24.3 Å². The molecule has 0 fully saturated rings. The Morgan fingerprint density at radius 1 is 0.500 bits per heavy atom. The van der Waals surface area contributed by atoms with Crippen LogP contribution in [0.3, 0.4) is 0 Å². The largest absolute Gasteiger partial charge is 0.132 e. The summed E-state index contributed by atoms with van der Waals surface area (Å²) < 4.78 is 0. The van der Waals surface area contributed by atoms with Crippen LogP contribution in [0.5, 0.6) is 0 Å². The zero-order valence-electron chi connectivity index (χ0n) is 19.4. The van der Waals surface area contributed by atoms with E-state index in [0.29, 0.717) is 10.9 Å². The lowest BCUT2D eigenvalue weighted by Crippen LogP contribution is -1.99. The second-order valence-corrected chi connectivity index (χ2v) is 11.3. The molecule has 162 valence electrons. The van der Waals surface area contributed by atoms with E-state index in [4.69, 9.17) is 0 Å². The zero-order chi connectivity index (χ0) is 20.3. The summed E-state index contributed by atoms with van der Waals surface area (Å²) in [6.07, 6.45) is 29.1. The van der Waals surface area contributed by atoms with E-state index in [9.17, 15) is 0 Å². The molecule has 0 aliphatic rings. The van der Waals surface area contributed by atoms with Crippen molar-refractivity contribution in [1.29, 1.82) is 0 Å². The predicted molar refractivity (Wildman–Crippen MR) is 133 cm³/mol. The average molecular weight is 406 g/mol. The lowest BCUT2D eigenvalue weighted by atomic mass is 10.0. The molecule has 0 saturated carbocycles. The predicted octanol–water partition coefficient (Wildman–Crippen LogP) is 8.87. The van der Waals surface area contributed by atoms with E-state index < -0.39 is 0 Å². The highest BCUT2D eigenvalue weighted by atomic mass is 32.2. The van der Waals surface area contributed by atoms with Gasteiger partial charge in [-0.25, -0.2) is 0 Å². The molecule has 0 radical (unpaired) electrons. The summed E-state index contributed by atoms with van der Waals surface area (Å²) in [5.74, 6) is 1.24. The Morgan fingerprint density at radius 2 is 0.857 bits per heavy atom. The van der Waals surface area contributed by atoms with E-state index in [1.807, 2.05) is 0 Å². The van der Waals surface area contributed by atoms with Crippen LogP contribution in [0.25, 0.3) is 0 Å². The summed E-state index contributed by atoms with van der Waals surface area (Å²) in [6.45, 7) is 2.30. The fraction of sp³-hybridized carbons (Fsp3) is 0.778.